The van der Waals surface area contributed by atoms with E-state index in [0.717, 1.165) is 23.1 Å². The second kappa shape index (κ2) is 16.0. The molecule has 0 radical (unpaired) electrons. The van der Waals surface area contributed by atoms with Crippen LogP contribution in [0.2, 0.25) is 0 Å². The Bertz CT molecular complexity index is 1240. The number of hydrogen-bond donors (Lipinski definition) is 2. The molecule has 0 amide bonds. The van der Waals surface area contributed by atoms with Crippen molar-refractivity contribution in [2.45, 2.75) is 59.3 Å². The molecular formula is C35H44O5. The summed E-state index contributed by atoms with van der Waals surface area (Å²) in [5, 5.41) is 18.7. The molecule has 5 heteroatoms. The van der Waals surface area contributed by atoms with Gasteiger partial charge in [0.15, 0.2) is 0 Å². The average Bonchev–Trinajstić information content (AvgIpc) is 2.96. The maximum atomic E-state index is 11.9. The Labute approximate surface area is 239 Å². The van der Waals surface area contributed by atoms with Crippen LogP contribution in [0.15, 0.2) is 72.8 Å². The van der Waals surface area contributed by atoms with Crippen molar-refractivity contribution in [2.24, 2.45) is 5.92 Å². The minimum atomic E-state index is -0.409. The van der Waals surface area contributed by atoms with Crippen molar-refractivity contribution >= 4 is 5.97 Å². The van der Waals surface area contributed by atoms with Crippen molar-refractivity contribution in [3.8, 4) is 28.0 Å². The minimum absolute atomic E-state index is 0.0825. The molecule has 0 aliphatic heterocycles. The van der Waals surface area contributed by atoms with E-state index in [1.165, 1.54) is 41.5 Å². The molecule has 0 aliphatic rings. The lowest BCUT2D eigenvalue weighted by molar-refractivity contribution is -0.138. The van der Waals surface area contributed by atoms with Crippen LogP contribution in [0.1, 0.15) is 56.2 Å². The largest absolute Gasteiger partial charge is 0.493 e. The molecule has 0 saturated carbocycles. The quantitative estimate of drug-likeness (QED) is 0.114. The fourth-order valence-electron chi connectivity index (χ4n) is 4.65. The number of unbranched alkanes of at least 4 members (excludes halogenated alkanes) is 2. The summed E-state index contributed by atoms with van der Waals surface area (Å²) in [7, 11) is 0. The molecule has 0 unspecified atom stereocenters. The first-order valence-corrected chi connectivity index (χ1v) is 14.4. The predicted octanol–water partition coefficient (Wildman–Crippen LogP) is 7.09. The summed E-state index contributed by atoms with van der Waals surface area (Å²) in [6.45, 7) is 10.0. The van der Waals surface area contributed by atoms with Gasteiger partial charge in [-0.25, -0.2) is 4.79 Å². The molecule has 0 aromatic heterocycles. The number of aryl methyl sites for hydroxylation is 2. The topological polar surface area (TPSA) is 76.0 Å². The van der Waals surface area contributed by atoms with Gasteiger partial charge in [0.05, 0.1) is 13.2 Å². The first-order valence-electron chi connectivity index (χ1n) is 14.4. The maximum Gasteiger partial charge on any atom is 0.333 e. The molecule has 40 heavy (non-hydrogen) atoms. The zero-order valence-electron chi connectivity index (χ0n) is 24.2. The summed E-state index contributed by atoms with van der Waals surface area (Å²) in [6.07, 6.45) is 5.90. The Kier molecular flexibility index (Phi) is 12.4. The number of aliphatic hydroxyl groups excluding tert-OH is 2. The lowest BCUT2D eigenvalue weighted by Gasteiger charge is -2.17. The number of carbonyl (C=O) groups is 1. The van der Waals surface area contributed by atoms with Gasteiger partial charge in [0, 0.05) is 31.1 Å². The second-order valence-electron chi connectivity index (χ2n) is 10.5. The summed E-state index contributed by atoms with van der Waals surface area (Å²) in [5.41, 5.74) is 8.45. The summed E-state index contributed by atoms with van der Waals surface area (Å²) < 4.78 is 11.4. The highest BCUT2D eigenvalue weighted by Gasteiger charge is 2.13. The van der Waals surface area contributed by atoms with Crippen LogP contribution in [0, 0.1) is 12.8 Å². The Morgan fingerprint density at radius 3 is 2.23 bits per heavy atom. The van der Waals surface area contributed by atoms with Gasteiger partial charge >= 0.3 is 5.97 Å². The standard InChI is InChI=1S/C35H44O5/c1-5-6-7-8-27-9-11-29(12-10-27)30-13-15-33(26(4)21-30)31-14-16-34(39-19-17-28(23-36)24-37)32(22-31)18-20-40-35(38)25(2)3/h9-16,21-22,28,36-37H,2,5-8,17-20,23-24H2,1,3-4H3. The molecule has 2 N–H and O–H groups in total. The van der Waals surface area contributed by atoms with Crippen LogP contribution in [0.25, 0.3) is 22.3 Å². The molecule has 5 nitrogen and oxygen atoms in total. The van der Waals surface area contributed by atoms with Crippen LogP contribution in [0.4, 0.5) is 0 Å². The number of ether oxygens (including phenoxy) is 2. The Morgan fingerprint density at radius 2 is 1.57 bits per heavy atom. The Hall–Kier alpha value is -3.41. The molecule has 0 aliphatic carbocycles. The summed E-state index contributed by atoms with van der Waals surface area (Å²) >= 11 is 0. The smallest absolute Gasteiger partial charge is 0.333 e. The molecule has 0 bridgehead atoms. The highest BCUT2D eigenvalue weighted by molar-refractivity contribution is 5.86. The van der Waals surface area contributed by atoms with E-state index in [1.54, 1.807) is 6.92 Å². The third kappa shape index (κ3) is 9.07. The van der Waals surface area contributed by atoms with Gasteiger partial charge in [-0.05, 0) is 84.2 Å². The summed E-state index contributed by atoms with van der Waals surface area (Å²) in [5.74, 6) is 0.0866. The summed E-state index contributed by atoms with van der Waals surface area (Å²) in [6, 6.07) is 21.5. The molecule has 0 atom stereocenters. The monoisotopic (exact) mass is 544 g/mol. The minimum Gasteiger partial charge on any atom is -0.493 e. The van der Waals surface area contributed by atoms with Crippen LogP contribution in [0.3, 0.4) is 0 Å². The van der Waals surface area contributed by atoms with Crippen LogP contribution in [0.5, 0.6) is 5.75 Å². The average molecular weight is 545 g/mol. The van der Waals surface area contributed by atoms with Crippen molar-refractivity contribution in [1.29, 1.82) is 0 Å². The molecular weight excluding hydrogens is 500 g/mol. The van der Waals surface area contributed by atoms with Gasteiger partial charge in [-0.15, -0.1) is 0 Å². The predicted molar refractivity (Wildman–Crippen MR) is 163 cm³/mol. The third-order valence-corrected chi connectivity index (χ3v) is 7.21. The van der Waals surface area contributed by atoms with Gasteiger partial charge < -0.3 is 19.7 Å². The zero-order chi connectivity index (χ0) is 28.9. The number of benzene rings is 3. The highest BCUT2D eigenvalue weighted by atomic mass is 16.5. The number of rotatable bonds is 16. The molecule has 3 aromatic rings. The summed E-state index contributed by atoms with van der Waals surface area (Å²) in [4.78, 5) is 11.9. The maximum absolute atomic E-state index is 11.9. The van der Waals surface area contributed by atoms with Gasteiger partial charge in [0.2, 0.25) is 0 Å². The molecule has 0 fully saturated rings. The first-order chi connectivity index (χ1) is 19.4. The zero-order valence-corrected chi connectivity index (χ0v) is 24.2. The van der Waals surface area contributed by atoms with Crippen LogP contribution >= 0.6 is 0 Å². The molecule has 3 aromatic carbocycles. The third-order valence-electron chi connectivity index (χ3n) is 7.21. The lowest BCUT2D eigenvalue weighted by Crippen LogP contribution is -2.15. The first kappa shape index (κ1) is 31.1. The molecule has 214 valence electrons. The van der Waals surface area contributed by atoms with Crippen LogP contribution in [-0.2, 0) is 22.4 Å². The van der Waals surface area contributed by atoms with Gasteiger partial charge in [0.1, 0.15) is 5.75 Å². The van der Waals surface area contributed by atoms with E-state index in [9.17, 15) is 15.0 Å². The molecule has 0 saturated heterocycles. The molecule has 0 spiro atoms. The highest BCUT2D eigenvalue weighted by Crippen LogP contribution is 2.32. The number of aliphatic hydroxyl groups is 2. The van der Waals surface area contributed by atoms with Crippen molar-refractivity contribution in [3.05, 3.63) is 89.5 Å². The Morgan fingerprint density at radius 1 is 0.875 bits per heavy atom. The molecule has 0 heterocycles. The van der Waals surface area contributed by atoms with E-state index in [-0.39, 0.29) is 25.7 Å². The SMILES string of the molecule is C=C(C)C(=O)OCCc1cc(-c2ccc(-c3ccc(CCCCC)cc3)cc2C)ccc1OCCC(CO)CO. The van der Waals surface area contributed by atoms with Crippen molar-refractivity contribution in [2.75, 3.05) is 26.4 Å². The number of carbonyl (C=O) groups excluding carboxylic acids is 1. The van der Waals surface area contributed by atoms with E-state index < -0.39 is 5.97 Å². The van der Waals surface area contributed by atoms with Gasteiger partial charge in [-0.1, -0.05) is 74.9 Å². The van der Waals surface area contributed by atoms with E-state index in [2.05, 4.69) is 69.0 Å². The fraction of sp³-hybridized carbons (Fsp3) is 0.400. The van der Waals surface area contributed by atoms with E-state index in [0.29, 0.717) is 30.8 Å². The van der Waals surface area contributed by atoms with E-state index >= 15 is 0 Å². The normalized spacial score (nSPS) is 11.1. The fourth-order valence-corrected chi connectivity index (χ4v) is 4.65. The van der Waals surface area contributed by atoms with E-state index in [4.69, 9.17) is 9.47 Å². The lowest BCUT2D eigenvalue weighted by atomic mass is 9.93. The number of hydrogen-bond acceptors (Lipinski definition) is 5. The van der Waals surface area contributed by atoms with Crippen LogP contribution in [-0.4, -0.2) is 42.6 Å². The van der Waals surface area contributed by atoms with Gasteiger partial charge in [-0.2, -0.15) is 0 Å². The van der Waals surface area contributed by atoms with Gasteiger partial charge in [0.25, 0.3) is 0 Å². The van der Waals surface area contributed by atoms with Crippen LogP contribution < -0.4 is 4.74 Å². The second-order valence-corrected chi connectivity index (χ2v) is 10.5. The Balaban J connectivity index is 1.79. The van der Waals surface area contributed by atoms with Crippen molar-refractivity contribution in [1.82, 2.24) is 0 Å². The van der Waals surface area contributed by atoms with Gasteiger partial charge in [-0.3, -0.25) is 0 Å². The van der Waals surface area contributed by atoms with E-state index in [1.807, 2.05) is 12.1 Å². The molecule has 3 rings (SSSR count). The number of esters is 1. The van der Waals surface area contributed by atoms with Crippen molar-refractivity contribution < 1.29 is 24.5 Å². The van der Waals surface area contributed by atoms with Crippen molar-refractivity contribution in [3.63, 3.8) is 0 Å².